The first kappa shape index (κ1) is 18.5. The van der Waals surface area contributed by atoms with Crippen molar-refractivity contribution in [2.24, 2.45) is 0 Å². The maximum atomic E-state index is 12.4. The molecule has 1 N–H and O–H groups in total. The first-order valence-corrected chi connectivity index (χ1v) is 8.29. The predicted octanol–water partition coefficient (Wildman–Crippen LogP) is 3.47. The van der Waals surface area contributed by atoms with E-state index in [2.05, 4.69) is 43.4 Å². The number of methoxy groups -OCH3 is 1. The second kappa shape index (κ2) is 11.1. The van der Waals surface area contributed by atoms with Crippen LogP contribution in [-0.2, 0) is 11.2 Å². The molecule has 4 nitrogen and oxygen atoms in total. The first-order valence-electron chi connectivity index (χ1n) is 8.29. The van der Waals surface area contributed by atoms with Gasteiger partial charge in [-0.2, -0.15) is 0 Å². The number of aryl methyl sites for hydroxylation is 1. The van der Waals surface area contributed by atoms with Crippen LogP contribution in [0.5, 0.6) is 0 Å². The predicted molar refractivity (Wildman–Crippen MR) is 91.1 cm³/mol. The van der Waals surface area contributed by atoms with Gasteiger partial charge in [-0.05, 0) is 31.2 Å². The summed E-state index contributed by atoms with van der Waals surface area (Å²) in [5, 5.41) is 3.11. The molecule has 0 aliphatic heterocycles. The van der Waals surface area contributed by atoms with E-state index in [0.717, 1.165) is 32.2 Å². The number of hydrogen-bond acceptors (Lipinski definition) is 2. The van der Waals surface area contributed by atoms with Crippen LogP contribution in [0.4, 0.5) is 4.79 Å². The molecule has 0 aromatic heterocycles. The van der Waals surface area contributed by atoms with Crippen molar-refractivity contribution < 1.29 is 9.53 Å². The molecule has 22 heavy (non-hydrogen) atoms. The summed E-state index contributed by atoms with van der Waals surface area (Å²) in [7, 11) is 1.67. The van der Waals surface area contributed by atoms with Crippen molar-refractivity contribution in [1.29, 1.82) is 0 Å². The van der Waals surface area contributed by atoms with Gasteiger partial charge in [-0.3, -0.25) is 0 Å². The molecule has 0 unspecified atom stereocenters. The molecule has 0 aliphatic rings. The lowest BCUT2D eigenvalue weighted by Gasteiger charge is -2.25. The monoisotopic (exact) mass is 306 g/mol. The number of benzene rings is 1. The topological polar surface area (TPSA) is 41.6 Å². The normalized spacial score (nSPS) is 10.7. The van der Waals surface area contributed by atoms with Gasteiger partial charge in [0, 0.05) is 26.2 Å². The van der Waals surface area contributed by atoms with Crippen LogP contribution in [0.15, 0.2) is 30.3 Å². The molecule has 1 aromatic rings. The van der Waals surface area contributed by atoms with Crippen LogP contribution >= 0.6 is 0 Å². The van der Waals surface area contributed by atoms with Gasteiger partial charge >= 0.3 is 6.03 Å². The second-order valence-corrected chi connectivity index (χ2v) is 5.53. The second-order valence-electron chi connectivity index (χ2n) is 5.53. The SMILES string of the molecule is CCC(CC)NC(=O)N(CCCc1ccccc1)CCOC. The highest BCUT2D eigenvalue weighted by molar-refractivity contribution is 5.74. The van der Waals surface area contributed by atoms with Crippen molar-refractivity contribution in [1.82, 2.24) is 10.2 Å². The van der Waals surface area contributed by atoms with E-state index in [9.17, 15) is 4.79 Å². The Kier molecular flexibility index (Phi) is 9.31. The molecule has 0 atom stereocenters. The largest absolute Gasteiger partial charge is 0.383 e. The number of ether oxygens (including phenoxy) is 1. The quantitative estimate of drug-likeness (QED) is 0.719. The number of nitrogens with zero attached hydrogens (tertiary/aromatic N) is 1. The van der Waals surface area contributed by atoms with Crippen molar-refractivity contribution in [3.63, 3.8) is 0 Å². The molecule has 0 saturated heterocycles. The molecule has 0 saturated carbocycles. The van der Waals surface area contributed by atoms with Crippen molar-refractivity contribution in [3.05, 3.63) is 35.9 Å². The van der Waals surface area contributed by atoms with Crippen LogP contribution in [0, 0.1) is 0 Å². The lowest BCUT2D eigenvalue weighted by molar-refractivity contribution is 0.146. The lowest BCUT2D eigenvalue weighted by Crippen LogP contribution is -2.46. The van der Waals surface area contributed by atoms with Crippen molar-refractivity contribution >= 4 is 6.03 Å². The minimum Gasteiger partial charge on any atom is -0.383 e. The first-order chi connectivity index (χ1) is 10.7. The highest BCUT2D eigenvalue weighted by Crippen LogP contribution is 2.05. The summed E-state index contributed by atoms with van der Waals surface area (Å²) in [6.07, 6.45) is 3.88. The van der Waals surface area contributed by atoms with E-state index >= 15 is 0 Å². The van der Waals surface area contributed by atoms with Gasteiger partial charge in [-0.15, -0.1) is 0 Å². The maximum Gasteiger partial charge on any atom is 0.317 e. The Morgan fingerprint density at radius 1 is 1.18 bits per heavy atom. The Morgan fingerprint density at radius 3 is 2.45 bits per heavy atom. The summed E-state index contributed by atoms with van der Waals surface area (Å²) < 4.78 is 5.12. The van der Waals surface area contributed by atoms with Crippen molar-refractivity contribution in [2.75, 3.05) is 26.8 Å². The van der Waals surface area contributed by atoms with Crippen LogP contribution in [0.3, 0.4) is 0 Å². The molecule has 4 heteroatoms. The van der Waals surface area contributed by atoms with E-state index in [-0.39, 0.29) is 12.1 Å². The summed E-state index contributed by atoms with van der Waals surface area (Å²) in [5.74, 6) is 0. The van der Waals surface area contributed by atoms with Gasteiger partial charge in [0.2, 0.25) is 0 Å². The third-order valence-electron chi connectivity index (χ3n) is 3.90. The third-order valence-corrected chi connectivity index (χ3v) is 3.90. The molecule has 1 aromatic carbocycles. The average Bonchev–Trinajstić information content (AvgIpc) is 2.56. The van der Waals surface area contributed by atoms with E-state index < -0.39 is 0 Å². The van der Waals surface area contributed by atoms with Crippen LogP contribution in [0.2, 0.25) is 0 Å². The minimum absolute atomic E-state index is 0.0267. The van der Waals surface area contributed by atoms with Gasteiger partial charge < -0.3 is 15.0 Å². The highest BCUT2D eigenvalue weighted by atomic mass is 16.5. The van der Waals surface area contributed by atoms with Gasteiger partial charge in [0.05, 0.1) is 6.61 Å². The number of hydrogen-bond donors (Lipinski definition) is 1. The van der Waals surface area contributed by atoms with E-state index in [0.29, 0.717) is 13.2 Å². The fraction of sp³-hybridized carbons (Fsp3) is 0.611. The molecule has 0 spiro atoms. The van der Waals surface area contributed by atoms with Crippen molar-refractivity contribution in [2.45, 2.75) is 45.6 Å². The van der Waals surface area contributed by atoms with Crippen LogP contribution in [0.1, 0.15) is 38.7 Å². The summed E-state index contributed by atoms with van der Waals surface area (Å²) in [4.78, 5) is 14.2. The minimum atomic E-state index is 0.0267. The number of carbonyl (C=O) groups is 1. The number of urea groups is 1. The molecular formula is C18H30N2O2. The van der Waals surface area contributed by atoms with Crippen molar-refractivity contribution in [3.8, 4) is 0 Å². The number of rotatable bonds is 10. The van der Waals surface area contributed by atoms with E-state index in [1.807, 2.05) is 11.0 Å². The molecule has 124 valence electrons. The fourth-order valence-corrected chi connectivity index (χ4v) is 2.39. The Bertz CT molecular complexity index is 405. The average molecular weight is 306 g/mol. The molecule has 0 aliphatic carbocycles. The molecule has 0 fully saturated rings. The fourth-order valence-electron chi connectivity index (χ4n) is 2.39. The zero-order valence-corrected chi connectivity index (χ0v) is 14.2. The van der Waals surface area contributed by atoms with E-state index in [4.69, 9.17) is 4.74 Å². The summed E-state index contributed by atoms with van der Waals surface area (Å²) in [6.45, 7) is 6.16. The highest BCUT2D eigenvalue weighted by Gasteiger charge is 2.15. The molecule has 0 bridgehead atoms. The summed E-state index contributed by atoms with van der Waals surface area (Å²) in [6, 6.07) is 10.7. The summed E-state index contributed by atoms with van der Waals surface area (Å²) >= 11 is 0. The Morgan fingerprint density at radius 2 is 1.86 bits per heavy atom. The van der Waals surface area contributed by atoms with Gasteiger partial charge in [-0.25, -0.2) is 4.79 Å². The molecular weight excluding hydrogens is 276 g/mol. The van der Waals surface area contributed by atoms with E-state index in [1.54, 1.807) is 7.11 Å². The summed E-state index contributed by atoms with van der Waals surface area (Å²) in [5.41, 5.74) is 1.31. The molecule has 1 rings (SSSR count). The number of amides is 2. The van der Waals surface area contributed by atoms with E-state index in [1.165, 1.54) is 5.56 Å². The Labute approximate surface area is 134 Å². The van der Waals surface area contributed by atoms with Gasteiger partial charge in [0.15, 0.2) is 0 Å². The molecule has 0 radical (unpaired) electrons. The zero-order valence-electron chi connectivity index (χ0n) is 14.2. The van der Waals surface area contributed by atoms with Crippen LogP contribution < -0.4 is 5.32 Å². The zero-order chi connectivity index (χ0) is 16.2. The standard InChI is InChI=1S/C18H30N2O2/c1-4-17(5-2)19-18(21)20(14-15-22-3)13-9-12-16-10-7-6-8-11-16/h6-8,10-11,17H,4-5,9,12-15H2,1-3H3,(H,19,21). The number of nitrogens with one attached hydrogen (secondary N) is 1. The number of carbonyl (C=O) groups excluding carboxylic acids is 1. The molecule has 0 heterocycles. The maximum absolute atomic E-state index is 12.4. The van der Waals surface area contributed by atoms with Crippen LogP contribution in [-0.4, -0.2) is 43.8 Å². The van der Waals surface area contributed by atoms with Gasteiger partial charge in [0.25, 0.3) is 0 Å². The van der Waals surface area contributed by atoms with Gasteiger partial charge in [0.1, 0.15) is 0 Å². The smallest absolute Gasteiger partial charge is 0.317 e. The van der Waals surface area contributed by atoms with Crippen LogP contribution in [0.25, 0.3) is 0 Å². The Balaban J connectivity index is 2.46. The third kappa shape index (κ3) is 6.94. The van der Waals surface area contributed by atoms with Gasteiger partial charge in [-0.1, -0.05) is 44.2 Å². The lowest BCUT2D eigenvalue weighted by atomic mass is 10.1. The Hall–Kier alpha value is -1.55. The molecule has 2 amide bonds.